The fourth-order valence-corrected chi connectivity index (χ4v) is 1.39. The highest BCUT2D eigenvalue weighted by molar-refractivity contribution is 4.95. The van der Waals surface area contributed by atoms with Crippen molar-refractivity contribution in [2.45, 2.75) is 38.8 Å². The summed E-state index contributed by atoms with van der Waals surface area (Å²) in [7, 11) is 0. The Morgan fingerprint density at radius 2 is 2.38 bits per heavy atom. The Hall–Kier alpha value is -0.900. The molecule has 0 amide bonds. The predicted octanol–water partition coefficient (Wildman–Crippen LogP) is 1.91. The first-order valence-electron chi connectivity index (χ1n) is 4.81. The highest BCUT2D eigenvalue weighted by Gasteiger charge is 2.10. The lowest BCUT2D eigenvalue weighted by molar-refractivity contribution is 0.296. The summed E-state index contributed by atoms with van der Waals surface area (Å²) in [5.41, 5.74) is 6.94. The molecule has 0 aromatic heterocycles. The third kappa shape index (κ3) is 3.14. The molecular weight excluding hydrogens is 164 g/mol. The van der Waals surface area contributed by atoms with Gasteiger partial charge in [-0.3, -0.25) is 5.01 Å². The Kier molecular flexibility index (Phi) is 3.89. The van der Waals surface area contributed by atoms with Crippen molar-refractivity contribution in [3.63, 3.8) is 0 Å². The van der Waals surface area contributed by atoms with Gasteiger partial charge in [0, 0.05) is 18.3 Å². The molecule has 0 radical (unpaired) electrons. The molecule has 0 bridgehead atoms. The number of nitrogens with zero attached hydrogens (tertiary/aromatic N) is 2. The van der Waals surface area contributed by atoms with Crippen LogP contribution in [0.4, 0.5) is 0 Å². The quantitative estimate of drug-likeness (QED) is 0.515. The molecule has 0 aromatic carbocycles. The number of hydrogen-bond acceptors (Lipinski definition) is 3. The summed E-state index contributed by atoms with van der Waals surface area (Å²) in [6.07, 6.45) is 6.42. The van der Waals surface area contributed by atoms with Gasteiger partial charge in [-0.25, -0.2) is 0 Å². The Morgan fingerprint density at radius 3 is 2.85 bits per heavy atom. The standard InChI is InChI=1S/C9H18N4/c1-8(2)13(12-10)7-5-9-4-3-6-11-9/h5,7-11H,3-4,6H2,1-2H3/b7-5+,12-10?/t9-/m1/s1. The topological polar surface area (TPSA) is 51.5 Å². The van der Waals surface area contributed by atoms with Crippen molar-refractivity contribution >= 4 is 0 Å². The van der Waals surface area contributed by atoms with Crippen LogP contribution >= 0.6 is 0 Å². The summed E-state index contributed by atoms with van der Waals surface area (Å²) in [6.45, 7) is 5.14. The maximum Gasteiger partial charge on any atom is 0.0479 e. The first kappa shape index (κ1) is 10.2. The molecule has 1 rings (SSSR count). The van der Waals surface area contributed by atoms with Gasteiger partial charge in [0.25, 0.3) is 0 Å². The minimum atomic E-state index is 0.259. The maximum absolute atomic E-state index is 6.94. The van der Waals surface area contributed by atoms with Crippen LogP contribution in [-0.2, 0) is 0 Å². The first-order chi connectivity index (χ1) is 6.24. The lowest BCUT2D eigenvalue weighted by Gasteiger charge is -2.16. The minimum absolute atomic E-state index is 0.259. The van der Waals surface area contributed by atoms with E-state index in [1.807, 2.05) is 20.0 Å². The van der Waals surface area contributed by atoms with Crippen LogP contribution in [-0.4, -0.2) is 23.6 Å². The van der Waals surface area contributed by atoms with E-state index in [0.717, 1.165) is 6.54 Å². The first-order valence-corrected chi connectivity index (χ1v) is 4.81. The van der Waals surface area contributed by atoms with E-state index in [0.29, 0.717) is 6.04 Å². The Labute approximate surface area is 79.5 Å². The molecule has 0 aliphatic carbocycles. The predicted molar refractivity (Wildman–Crippen MR) is 52.3 cm³/mol. The van der Waals surface area contributed by atoms with Gasteiger partial charge in [0.2, 0.25) is 0 Å². The van der Waals surface area contributed by atoms with Gasteiger partial charge >= 0.3 is 0 Å². The van der Waals surface area contributed by atoms with Crippen LogP contribution in [0.1, 0.15) is 26.7 Å². The molecule has 13 heavy (non-hydrogen) atoms. The van der Waals surface area contributed by atoms with E-state index in [1.54, 1.807) is 5.01 Å². The van der Waals surface area contributed by atoms with Gasteiger partial charge in [-0.15, -0.1) is 0 Å². The van der Waals surface area contributed by atoms with Crippen molar-refractivity contribution < 1.29 is 0 Å². The molecule has 4 nitrogen and oxygen atoms in total. The molecule has 1 aliphatic heterocycles. The van der Waals surface area contributed by atoms with Crippen molar-refractivity contribution in [3.05, 3.63) is 12.3 Å². The van der Waals surface area contributed by atoms with E-state index in [4.69, 9.17) is 5.53 Å². The molecule has 1 fully saturated rings. The van der Waals surface area contributed by atoms with Crippen molar-refractivity contribution in [1.82, 2.24) is 10.3 Å². The van der Waals surface area contributed by atoms with E-state index < -0.39 is 0 Å². The Morgan fingerprint density at radius 1 is 1.62 bits per heavy atom. The second-order valence-electron chi connectivity index (χ2n) is 3.62. The van der Waals surface area contributed by atoms with Crippen molar-refractivity contribution in [3.8, 4) is 0 Å². The zero-order valence-corrected chi connectivity index (χ0v) is 8.33. The van der Waals surface area contributed by atoms with Gasteiger partial charge in [0.05, 0.1) is 0 Å². The largest absolute Gasteiger partial charge is 0.310 e. The van der Waals surface area contributed by atoms with Crippen molar-refractivity contribution in [2.24, 2.45) is 5.22 Å². The molecule has 0 saturated carbocycles. The highest BCUT2D eigenvalue weighted by Crippen LogP contribution is 2.07. The van der Waals surface area contributed by atoms with Gasteiger partial charge in [0.1, 0.15) is 0 Å². The summed E-state index contributed by atoms with van der Waals surface area (Å²) < 4.78 is 0. The second kappa shape index (κ2) is 4.97. The van der Waals surface area contributed by atoms with Crippen LogP contribution in [0.3, 0.4) is 0 Å². The van der Waals surface area contributed by atoms with Crippen LogP contribution in [0.5, 0.6) is 0 Å². The van der Waals surface area contributed by atoms with E-state index in [2.05, 4.69) is 16.6 Å². The van der Waals surface area contributed by atoms with Gasteiger partial charge < -0.3 is 5.32 Å². The van der Waals surface area contributed by atoms with E-state index in [-0.39, 0.29) is 6.04 Å². The van der Waals surface area contributed by atoms with Gasteiger partial charge in [-0.2, -0.15) is 5.53 Å². The lowest BCUT2D eigenvalue weighted by Crippen LogP contribution is -2.22. The second-order valence-corrected chi connectivity index (χ2v) is 3.62. The SMILES string of the molecule is CC(C)N(/C=C/[C@H]1CCCN1)N=N. The van der Waals surface area contributed by atoms with E-state index in [9.17, 15) is 0 Å². The van der Waals surface area contributed by atoms with Gasteiger partial charge in [-0.1, -0.05) is 5.22 Å². The van der Waals surface area contributed by atoms with Crippen LogP contribution in [0.2, 0.25) is 0 Å². The molecule has 4 heteroatoms. The molecule has 74 valence electrons. The third-order valence-corrected chi connectivity index (χ3v) is 2.21. The summed E-state index contributed by atoms with van der Waals surface area (Å²) in [5.74, 6) is 0. The average Bonchev–Trinajstić information content (AvgIpc) is 2.57. The monoisotopic (exact) mass is 182 g/mol. The zero-order valence-electron chi connectivity index (χ0n) is 8.33. The Bertz CT molecular complexity index is 182. The van der Waals surface area contributed by atoms with Crippen LogP contribution in [0.25, 0.3) is 0 Å². The smallest absolute Gasteiger partial charge is 0.0479 e. The molecule has 0 aromatic rings. The number of nitrogens with one attached hydrogen (secondary N) is 2. The highest BCUT2D eigenvalue weighted by atomic mass is 15.5. The van der Waals surface area contributed by atoms with E-state index >= 15 is 0 Å². The number of rotatable bonds is 4. The molecule has 1 heterocycles. The van der Waals surface area contributed by atoms with Crippen LogP contribution in [0, 0.1) is 5.53 Å². The Balaban J connectivity index is 2.39. The summed E-state index contributed by atoms with van der Waals surface area (Å²) in [4.78, 5) is 0. The van der Waals surface area contributed by atoms with Crippen LogP contribution in [0.15, 0.2) is 17.5 Å². The molecule has 1 atom stereocenters. The lowest BCUT2D eigenvalue weighted by atomic mass is 10.2. The summed E-state index contributed by atoms with van der Waals surface area (Å²) in [5, 5.41) is 8.43. The fraction of sp³-hybridized carbons (Fsp3) is 0.778. The fourth-order valence-electron chi connectivity index (χ4n) is 1.39. The van der Waals surface area contributed by atoms with Crippen LogP contribution < -0.4 is 5.32 Å². The third-order valence-electron chi connectivity index (χ3n) is 2.21. The minimum Gasteiger partial charge on any atom is -0.310 e. The number of hydrogen-bond donors (Lipinski definition) is 2. The molecule has 1 aliphatic rings. The van der Waals surface area contributed by atoms with Gasteiger partial charge in [-0.05, 0) is 39.3 Å². The maximum atomic E-state index is 6.94. The molecule has 2 N–H and O–H groups in total. The molecule has 0 spiro atoms. The summed E-state index contributed by atoms with van der Waals surface area (Å²) >= 11 is 0. The zero-order chi connectivity index (χ0) is 9.68. The van der Waals surface area contributed by atoms with E-state index in [1.165, 1.54) is 12.8 Å². The summed E-state index contributed by atoms with van der Waals surface area (Å²) in [6, 6.07) is 0.734. The van der Waals surface area contributed by atoms with Crippen molar-refractivity contribution in [1.29, 1.82) is 5.53 Å². The normalized spacial score (nSPS) is 22.8. The van der Waals surface area contributed by atoms with Gasteiger partial charge in [0.15, 0.2) is 0 Å². The molecule has 1 saturated heterocycles. The average molecular weight is 182 g/mol. The molecular formula is C9H18N4. The van der Waals surface area contributed by atoms with Crippen molar-refractivity contribution in [2.75, 3.05) is 6.54 Å². The molecule has 0 unspecified atom stereocenters.